The molecule has 2 aromatic rings. The Labute approximate surface area is 170 Å². The molecular formula is C21H28N4O4. The van der Waals surface area contributed by atoms with Gasteiger partial charge in [0.2, 0.25) is 0 Å². The molecular weight excluding hydrogens is 372 g/mol. The normalized spacial score (nSPS) is 15.2. The summed E-state index contributed by atoms with van der Waals surface area (Å²) in [6, 6.07) is 6.55. The number of rotatable bonds is 2. The first-order valence-corrected chi connectivity index (χ1v) is 9.72. The smallest absolute Gasteiger partial charge is 0.410 e. The minimum absolute atomic E-state index is 0.0423. The zero-order valence-electron chi connectivity index (χ0n) is 17.3. The predicted octanol–water partition coefficient (Wildman–Crippen LogP) is 3.56. The van der Waals surface area contributed by atoms with E-state index in [-0.39, 0.29) is 23.9 Å². The second kappa shape index (κ2) is 8.14. The summed E-state index contributed by atoms with van der Waals surface area (Å²) in [6.45, 7) is 6.66. The molecule has 0 bridgehead atoms. The van der Waals surface area contributed by atoms with Gasteiger partial charge in [0, 0.05) is 37.9 Å². The SMILES string of the molecule is CN(C(=O)n1cnc(-c2ccc(O)cc2)c1)C1CCN(C(=O)OC(C)(C)C)CC1. The highest BCUT2D eigenvalue weighted by Gasteiger charge is 2.30. The number of carbonyl (C=O) groups is 2. The average molecular weight is 400 g/mol. The molecule has 2 heterocycles. The summed E-state index contributed by atoms with van der Waals surface area (Å²) in [4.78, 5) is 32.7. The number of hydrogen-bond donors (Lipinski definition) is 1. The molecule has 1 aliphatic heterocycles. The molecule has 3 rings (SSSR count). The van der Waals surface area contributed by atoms with E-state index in [2.05, 4.69) is 4.98 Å². The molecule has 1 aromatic heterocycles. The molecule has 0 unspecified atom stereocenters. The van der Waals surface area contributed by atoms with Crippen molar-refractivity contribution in [3.8, 4) is 17.0 Å². The number of piperidine rings is 1. The van der Waals surface area contributed by atoms with Crippen LogP contribution < -0.4 is 0 Å². The monoisotopic (exact) mass is 400 g/mol. The first-order chi connectivity index (χ1) is 13.6. The van der Waals surface area contributed by atoms with Crippen molar-refractivity contribution < 1.29 is 19.4 Å². The number of aromatic nitrogens is 2. The molecule has 0 atom stereocenters. The van der Waals surface area contributed by atoms with Crippen molar-refractivity contribution in [1.29, 1.82) is 0 Å². The Morgan fingerprint density at radius 2 is 1.79 bits per heavy atom. The molecule has 0 aliphatic carbocycles. The van der Waals surface area contributed by atoms with Crippen molar-refractivity contribution >= 4 is 12.1 Å². The van der Waals surface area contributed by atoms with Gasteiger partial charge in [-0.15, -0.1) is 0 Å². The number of ether oxygens (including phenoxy) is 1. The fourth-order valence-electron chi connectivity index (χ4n) is 3.31. The number of imidazole rings is 1. The topological polar surface area (TPSA) is 87.9 Å². The van der Waals surface area contributed by atoms with Crippen LogP contribution in [0.4, 0.5) is 9.59 Å². The van der Waals surface area contributed by atoms with Gasteiger partial charge in [-0.1, -0.05) is 0 Å². The van der Waals surface area contributed by atoms with Gasteiger partial charge in [0.15, 0.2) is 0 Å². The lowest BCUT2D eigenvalue weighted by atomic mass is 10.0. The molecule has 8 nitrogen and oxygen atoms in total. The summed E-state index contributed by atoms with van der Waals surface area (Å²) >= 11 is 0. The van der Waals surface area contributed by atoms with Crippen LogP contribution in [0.5, 0.6) is 5.75 Å². The maximum atomic E-state index is 12.8. The van der Waals surface area contributed by atoms with Crippen molar-refractivity contribution in [2.75, 3.05) is 20.1 Å². The van der Waals surface area contributed by atoms with Crippen molar-refractivity contribution in [2.24, 2.45) is 0 Å². The minimum Gasteiger partial charge on any atom is -0.508 e. The lowest BCUT2D eigenvalue weighted by Gasteiger charge is -2.37. The zero-order chi connectivity index (χ0) is 21.2. The maximum absolute atomic E-state index is 12.8. The highest BCUT2D eigenvalue weighted by atomic mass is 16.6. The van der Waals surface area contributed by atoms with E-state index in [1.807, 2.05) is 20.8 Å². The number of amides is 2. The van der Waals surface area contributed by atoms with Crippen LogP contribution in [0.1, 0.15) is 33.6 Å². The second-order valence-electron chi connectivity index (χ2n) is 8.31. The number of phenols is 1. The lowest BCUT2D eigenvalue weighted by Crippen LogP contribution is -2.49. The zero-order valence-corrected chi connectivity index (χ0v) is 17.3. The number of phenolic OH excluding ortho intramolecular Hbond substituents is 1. The molecule has 1 aromatic carbocycles. The van der Waals surface area contributed by atoms with E-state index in [0.29, 0.717) is 31.6 Å². The van der Waals surface area contributed by atoms with Crippen molar-refractivity contribution in [1.82, 2.24) is 19.4 Å². The van der Waals surface area contributed by atoms with Crippen LogP contribution in [-0.2, 0) is 4.74 Å². The molecule has 2 amide bonds. The van der Waals surface area contributed by atoms with Crippen LogP contribution in [0.2, 0.25) is 0 Å². The van der Waals surface area contributed by atoms with E-state index in [1.54, 1.807) is 47.3 Å². The third-order valence-corrected chi connectivity index (χ3v) is 4.93. The average Bonchev–Trinajstić information content (AvgIpc) is 3.16. The summed E-state index contributed by atoms with van der Waals surface area (Å²) in [6.07, 6.45) is 4.26. The Balaban J connectivity index is 1.59. The van der Waals surface area contributed by atoms with Gasteiger partial charge in [0.05, 0.1) is 5.69 Å². The molecule has 1 N–H and O–H groups in total. The van der Waals surface area contributed by atoms with Gasteiger partial charge >= 0.3 is 12.1 Å². The lowest BCUT2D eigenvalue weighted by molar-refractivity contribution is 0.0172. The second-order valence-corrected chi connectivity index (χ2v) is 8.31. The summed E-state index contributed by atoms with van der Waals surface area (Å²) in [5.74, 6) is 0.182. The van der Waals surface area contributed by atoms with Crippen LogP contribution in [0, 0.1) is 0 Å². The van der Waals surface area contributed by atoms with E-state index in [9.17, 15) is 14.7 Å². The molecule has 1 fully saturated rings. The Morgan fingerprint density at radius 1 is 1.17 bits per heavy atom. The molecule has 0 spiro atoms. The van der Waals surface area contributed by atoms with Gasteiger partial charge in [-0.05, 0) is 57.9 Å². The van der Waals surface area contributed by atoms with Crippen LogP contribution in [-0.4, -0.2) is 68.4 Å². The molecule has 29 heavy (non-hydrogen) atoms. The molecule has 1 aliphatic rings. The fourth-order valence-corrected chi connectivity index (χ4v) is 3.31. The summed E-state index contributed by atoms with van der Waals surface area (Å²) in [5, 5.41) is 9.40. The van der Waals surface area contributed by atoms with E-state index < -0.39 is 5.60 Å². The number of hydrogen-bond acceptors (Lipinski definition) is 5. The number of carbonyl (C=O) groups excluding carboxylic acids is 2. The van der Waals surface area contributed by atoms with E-state index >= 15 is 0 Å². The highest BCUT2D eigenvalue weighted by Crippen LogP contribution is 2.22. The minimum atomic E-state index is -0.517. The van der Waals surface area contributed by atoms with Gasteiger partial charge < -0.3 is 19.6 Å². The molecule has 156 valence electrons. The van der Waals surface area contributed by atoms with Gasteiger partial charge in [-0.2, -0.15) is 0 Å². The van der Waals surface area contributed by atoms with Crippen molar-refractivity contribution in [3.63, 3.8) is 0 Å². The molecule has 0 saturated carbocycles. The number of likely N-dealkylation sites (tertiary alicyclic amines) is 1. The van der Waals surface area contributed by atoms with Crippen LogP contribution in [0.25, 0.3) is 11.3 Å². The third kappa shape index (κ3) is 5.07. The van der Waals surface area contributed by atoms with E-state index in [4.69, 9.17) is 4.74 Å². The van der Waals surface area contributed by atoms with Gasteiger partial charge in [-0.25, -0.2) is 14.6 Å². The standard InChI is InChI=1S/C21H28N4O4/c1-21(2,3)29-20(28)24-11-9-16(10-12-24)23(4)19(27)25-13-18(22-14-25)15-5-7-17(26)8-6-15/h5-8,13-14,16,26H,9-12H2,1-4H3. The van der Waals surface area contributed by atoms with Gasteiger partial charge in [0.25, 0.3) is 0 Å². The maximum Gasteiger partial charge on any atom is 0.410 e. The van der Waals surface area contributed by atoms with Crippen LogP contribution in [0.3, 0.4) is 0 Å². The third-order valence-electron chi connectivity index (χ3n) is 4.93. The molecule has 8 heteroatoms. The van der Waals surface area contributed by atoms with Gasteiger partial charge in [-0.3, -0.25) is 4.57 Å². The van der Waals surface area contributed by atoms with Crippen LogP contribution in [0.15, 0.2) is 36.8 Å². The number of benzene rings is 1. The summed E-state index contributed by atoms with van der Waals surface area (Å²) in [7, 11) is 1.77. The van der Waals surface area contributed by atoms with E-state index in [1.165, 1.54) is 10.9 Å². The Morgan fingerprint density at radius 3 is 2.38 bits per heavy atom. The van der Waals surface area contributed by atoms with Crippen molar-refractivity contribution in [3.05, 3.63) is 36.8 Å². The Bertz CT molecular complexity index is 862. The Kier molecular flexibility index (Phi) is 5.81. The quantitative estimate of drug-likeness (QED) is 0.833. The van der Waals surface area contributed by atoms with Crippen molar-refractivity contribution in [2.45, 2.75) is 45.3 Å². The summed E-state index contributed by atoms with van der Waals surface area (Å²) in [5.41, 5.74) is 0.964. The first-order valence-electron chi connectivity index (χ1n) is 9.72. The van der Waals surface area contributed by atoms with E-state index in [0.717, 1.165) is 5.56 Å². The fraction of sp³-hybridized carbons (Fsp3) is 0.476. The molecule has 1 saturated heterocycles. The Hall–Kier alpha value is -3.03. The molecule has 0 radical (unpaired) electrons. The summed E-state index contributed by atoms with van der Waals surface area (Å²) < 4.78 is 6.88. The highest BCUT2D eigenvalue weighted by molar-refractivity contribution is 5.78. The van der Waals surface area contributed by atoms with Crippen LogP contribution >= 0.6 is 0 Å². The number of nitrogens with zero attached hydrogens (tertiary/aromatic N) is 4. The number of aromatic hydroxyl groups is 1. The first kappa shape index (κ1) is 20.7. The predicted molar refractivity (Wildman–Crippen MR) is 109 cm³/mol. The largest absolute Gasteiger partial charge is 0.508 e. The van der Waals surface area contributed by atoms with Gasteiger partial charge in [0.1, 0.15) is 17.7 Å².